The van der Waals surface area contributed by atoms with Gasteiger partial charge in [-0.05, 0) is 37.8 Å². The van der Waals surface area contributed by atoms with Crippen molar-refractivity contribution in [2.24, 2.45) is 13.0 Å². The molecule has 1 aliphatic carbocycles. The smallest absolute Gasteiger partial charge is 0.270 e. The van der Waals surface area contributed by atoms with Gasteiger partial charge in [0.15, 0.2) is 0 Å². The highest BCUT2D eigenvalue weighted by molar-refractivity contribution is 6.06. The molecule has 2 heterocycles. The van der Waals surface area contributed by atoms with Crippen LogP contribution in [0.4, 0.5) is 0 Å². The Balaban J connectivity index is 1.37. The largest absolute Gasteiger partial charge is 0.441 e. The van der Waals surface area contributed by atoms with Crippen molar-refractivity contribution in [2.45, 2.75) is 26.2 Å². The van der Waals surface area contributed by atoms with Crippen LogP contribution in [0.5, 0.6) is 0 Å². The fourth-order valence-electron chi connectivity index (χ4n) is 3.27. The molecule has 0 radical (unpaired) electrons. The molecule has 1 saturated carbocycles. The number of aromatic nitrogens is 3. The first kappa shape index (κ1) is 19.9. The van der Waals surface area contributed by atoms with Gasteiger partial charge < -0.3 is 15.1 Å². The number of carbonyl (C=O) groups excluding carboxylic acids is 2. The van der Waals surface area contributed by atoms with Gasteiger partial charge >= 0.3 is 0 Å². The molecule has 0 unspecified atom stereocenters. The molecule has 3 aromatic rings. The maximum Gasteiger partial charge on any atom is 0.270 e. The molecule has 1 aliphatic rings. The summed E-state index contributed by atoms with van der Waals surface area (Å²) in [7, 11) is 1.65. The predicted octanol–water partition coefficient (Wildman–Crippen LogP) is 2.50. The molecule has 8 nitrogen and oxygen atoms in total. The van der Waals surface area contributed by atoms with Crippen LogP contribution in [0.1, 0.15) is 45.1 Å². The van der Waals surface area contributed by atoms with Gasteiger partial charge in [-0.1, -0.05) is 18.2 Å². The van der Waals surface area contributed by atoms with Crippen LogP contribution in [0.15, 0.2) is 40.9 Å². The van der Waals surface area contributed by atoms with E-state index in [1.165, 1.54) is 10.9 Å². The minimum atomic E-state index is -0.337. The number of amides is 2. The van der Waals surface area contributed by atoms with Crippen LogP contribution in [-0.2, 0) is 13.5 Å². The molecule has 0 bridgehead atoms. The van der Waals surface area contributed by atoms with Crippen LogP contribution in [0.2, 0.25) is 0 Å². The lowest BCUT2D eigenvalue weighted by Gasteiger charge is -2.08. The minimum Gasteiger partial charge on any atom is -0.441 e. The van der Waals surface area contributed by atoms with Crippen molar-refractivity contribution >= 4 is 11.8 Å². The van der Waals surface area contributed by atoms with Crippen LogP contribution in [0, 0.1) is 12.8 Å². The van der Waals surface area contributed by atoms with Gasteiger partial charge in [-0.15, -0.1) is 0 Å². The molecule has 2 aromatic heterocycles. The van der Waals surface area contributed by atoms with Crippen molar-refractivity contribution in [1.82, 2.24) is 25.4 Å². The first-order valence-electron chi connectivity index (χ1n) is 10.1. The third-order valence-corrected chi connectivity index (χ3v) is 5.21. The van der Waals surface area contributed by atoms with Gasteiger partial charge in [0.2, 0.25) is 5.89 Å². The topological polar surface area (TPSA) is 102 Å². The van der Waals surface area contributed by atoms with E-state index in [2.05, 4.69) is 20.7 Å². The summed E-state index contributed by atoms with van der Waals surface area (Å²) >= 11 is 0. The Morgan fingerprint density at radius 2 is 1.93 bits per heavy atom. The van der Waals surface area contributed by atoms with Crippen LogP contribution >= 0.6 is 0 Å². The summed E-state index contributed by atoms with van der Waals surface area (Å²) in [6.07, 6.45) is 4.25. The van der Waals surface area contributed by atoms with E-state index in [0.717, 1.165) is 29.9 Å². The summed E-state index contributed by atoms with van der Waals surface area (Å²) < 4.78 is 7.19. The molecular formula is C22H25N5O3. The third-order valence-electron chi connectivity index (χ3n) is 5.21. The summed E-state index contributed by atoms with van der Waals surface area (Å²) in [5.41, 5.74) is 2.25. The molecule has 0 saturated heterocycles. The Hall–Kier alpha value is -3.42. The number of nitrogens with zero attached hydrogens (tertiary/aromatic N) is 3. The van der Waals surface area contributed by atoms with Gasteiger partial charge in [0.25, 0.3) is 11.8 Å². The van der Waals surface area contributed by atoms with Gasteiger partial charge in [0.05, 0.1) is 17.5 Å². The second kappa shape index (κ2) is 8.52. The third kappa shape index (κ3) is 4.42. The van der Waals surface area contributed by atoms with Crippen molar-refractivity contribution < 1.29 is 14.0 Å². The van der Waals surface area contributed by atoms with Crippen molar-refractivity contribution in [3.8, 4) is 11.5 Å². The number of carbonyl (C=O) groups is 2. The number of hydrogen-bond donors (Lipinski definition) is 2. The van der Waals surface area contributed by atoms with Crippen LogP contribution in [0.25, 0.3) is 11.5 Å². The van der Waals surface area contributed by atoms with E-state index in [1.807, 2.05) is 37.3 Å². The highest BCUT2D eigenvalue weighted by atomic mass is 16.4. The molecular weight excluding hydrogens is 382 g/mol. The summed E-state index contributed by atoms with van der Waals surface area (Å²) in [6, 6.07) is 9.68. The van der Waals surface area contributed by atoms with Gasteiger partial charge in [-0.3, -0.25) is 14.3 Å². The van der Waals surface area contributed by atoms with Gasteiger partial charge in [-0.2, -0.15) is 5.10 Å². The average Bonchev–Trinajstić information content (AvgIpc) is 3.39. The van der Waals surface area contributed by atoms with Crippen LogP contribution in [0.3, 0.4) is 0 Å². The quantitative estimate of drug-likeness (QED) is 0.597. The lowest BCUT2D eigenvalue weighted by molar-refractivity contribution is 0.0913. The molecule has 4 rings (SSSR count). The molecule has 0 spiro atoms. The van der Waals surface area contributed by atoms with E-state index in [4.69, 9.17) is 4.42 Å². The Bertz CT molecular complexity index is 1050. The average molecular weight is 407 g/mol. The zero-order valence-electron chi connectivity index (χ0n) is 17.1. The zero-order chi connectivity index (χ0) is 21.1. The fourth-order valence-corrected chi connectivity index (χ4v) is 3.27. The van der Waals surface area contributed by atoms with Crippen molar-refractivity contribution in [1.29, 1.82) is 0 Å². The first-order valence-corrected chi connectivity index (χ1v) is 10.1. The van der Waals surface area contributed by atoms with Gasteiger partial charge in [-0.25, -0.2) is 4.98 Å². The maximum atomic E-state index is 12.7. The van der Waals surface area contributed by atoms with Crippen LogP contribution in [-0.4, -0.2) is 39.7 Å². The minimum absolute atomic E-state index is 0.255. The number of benzene rings is 1. The van der Waals surface area contributed by atoms with Crippen molar-refractivity contribution in [3.05, 3.63) is 59.2 Å². The molecule has 30 heavy (non-hydrogen) atoms. The molecule has 0 aliphatic heterocycles. The molecule has 8 heteroatoms. The number of oxazole rings is 1. The maximum absolute atomic E-state index is 12.7. The van der Waals surface area contributed by atoms with E-state index < -0.39 is 0 Å². The van der Waals surface area contributed by atoms with Gasteiger partial charge in [0.1, 0.15) is 11.5 Å². The van der Waals surface area contributed by atoms with Crippen molar-refractivity contribution in [2.75, 3.05) is 13.1 Å². The summed E-state index contributed by atoms with van der Waals surface area (Å²) in [4.78, 5) is 29.7. The zero-order valence-corrected chi connectivity index (χ0v) is 17.1. The Labute approximate surface area is 174 Å². The van der Waals surface area contributed by atoms with Crippen LogP contribution < -0.4 is 10.6 Å². The molecule has 0 atom stereocenters. The van der Waals surface area contributed by atoms with E-state index in [-0.39, 0.29) is 17.5 Å². The highest BCUT2D eigenvalue weighted by Gasteiger charge is 2.25. The summed E-state index contributed by atoms with van der Waals surface area (Å²) in [5, 5.41) is 9.83. The molecule has 156 valence electrons. The van der Waals surface area contributed by atoms with E-state index in [1.54, 1.807) is 7.05 Å². The lowest BCUT2D eigenvalue weighted by atomic mass is 10.2. The molecule has 2 amide bonds. The molecule has 2 N–H and O–H groups in total. The Morgan fingerprint density at radius 1 is 1.17 bits per heavy atom. The second-order valence-corrected chi connectivity index (χ2v) is 7.58. The second-order valence-electron chi connectivity index (χ2n) is 7.58. The number of hydrogen-bond acceptors (Lipinski definition) is 5. The van der Waals surface area contributed by atoms with E-state index >= 15 is 0 Å². The Kier molecular flexibility index (Phi) is 5.65. The SMILES string of the molecule is Cc1oc(-c2ccccc2)nc1CCNC(=O)c1c(C(=O)NCC2CC2)cnn1C. The molecule has 1 fully saturated rings. The van der Waals surface area contributed by atoms with E-state index in [9.17, 15) is 9.59 Å². The van der Waals surface area contributed by atoms with E-state index in [0.29, 0.717) is 36.9 Å². The summed E-state index contributed by atoms with van der Waals surface area (Å²) in [5.74, 6) is 1.25. The monoisotopic (exact) mass is 407 g/mol. The lowest BCUT2D eigenvalue weighted by Crippen LogP contribution is -2.32. The number of rotatable bonds is 8. The first-order chi connectivity index (χ1) is 14.5. The molecule has 1 aromatic carbocycles. The normalized spacial score (nSPS) is 13.3. The predicted molar refractivity (Wildman–Crippen MR) is 111 cm³/mol. The summed E-state index contributed by atoms with van der Waals surface area (Å²) in [6.45, 7) is 2.87. The van der Waals surface area contributed by atoms with Gasteiger partial charge in [0, 0.05) is 32.1 Å². The fraction of sp³-hybridized carbons (Fsp3) is 0.364. The number of nitrogens with one attached hydrogen (secondary N) is 2. The number of aryl methyl sites for hydroxylation is 2. The standard InChI is InChI=1S/C22H25N5O3/c1-14-18(26-22(30-14)16-6-4-3-5-7-16)10-11-23-21(29)19-17(13-25-27(19)2)20(28)24-12-15-8-9-15/h3-7,13,15H,8-12H2,1-2H3,(H,23,29)(H,24,28). The Morgan fingerprint density at radius 3 is 2.67 bits per heavy atom. The van der Waals surface area contributed by atoms with Crippen molar-refractivity contribution in [3.63, 3.8) is 0 Å². The highest BCUT2D eigenvalue weighted by Crippen LogP contribution is 2.27.